The molecule has 1 aromatic rings. The molecule has 1 heterocycles. The number of aromatic nitrogens is 1. The summed E-state index contributed by atoms with van der Waals surface area (Å²) in [5, 5.41) is 9.11. The van der Waals surface area contributed by atoms with Gasteiger partial charge in [0.05, 0.1) is 6.42 Å². The van der Waals surface area contributed by atoms with Crippen molar-refractivity contribution in [2.45, 2.75) is 45.8 Å². The number of fused-ring (bicyclic) bond motifs is 1. The van der Waals surface area contributed by atoms with E-state index in [2.05, 4.69) is 0 Å². The Morgan fingerprint density at radius 2 is 2.00 bits per heavy atom. The second-order valence-electron chi connectivity index (χ2n) is 6.63. The molecule has 1 aromatic heterocycles. The highest BCUT2D eigenvalue weighted by atomic mass is 16.6. The molecule has 2 rings (SSSR count). The van der Waals surface area contributed by atoms with E-state index < -0.39 is 17.5 Å². The molecule has 0 bridgehead atoms. The van der Waals surface area contributed by atoms with Crippen LogP contribution in [0.15, 0.2) is 29.2 Å². The first-order valence-corrected chi connectivity index (χ1v) is 7.69. The number of nitrogens with zero attached hydrogens (tertiary/aromatic N) is 1. The van der Waals surface area contributed by atoms with Gasteiger partial charge < -0.3 is 14.4 Å². The topological polar surface area (TPSA) is 85.6 Å². The highest BCUT2D eigenvalue weighted by Gasteiger charge is 2.20. The Labute approximate surface area is 140 Å². The monoisotopic (exact) mass is 331 g/mol. The van der Waals surface area contributed by atoms with E-state index in [1.807, 2.05) is 12.2 Å². The van der Waals surface area contributed by atoms with Crippen molar-refractivity contribution in [1.82, 2.24) is 4.57 Å². The van der Waals surface area contributed by atoms with Gasteiger partial charge in [-0.05, 0) is 38.3 Å². The minimum Gasteiger partial charge on any atom is -0.481 e. The van der Waals surface area contributed by atoms with Gasteiger partial charge in [-0.3, -0.25) is 14.4 Å². The van der Waals surface area contributed by atoms with Crippen LogP contribution in [0.4, 0.5) is 0 Å². The van der Waals surface area contributed by atoms with Crippen LogP contribution in [0.3, 0.4) is 0 Å². The number of pyridine rings is 1. The quantitative estimate of drug-likeness (QED) is 0.852. The maximum atomic E-state index is 12.6. The van der Waals surface area contributed by atoms with E-state index in [0.717, 1.165) is 0 Å². The van der Waals surface area contributed by atoms with Crippen LogP contribution in [-0.4, -0.2) is 27.2 Å². The summed E-state index contributed by atoms with van der Waals surface area (Å²) in [5.74, 6) is -1.53. The van der Waals surface area contributed by atoms with Crippen molar-refractivity contribution in [3.8, 4) is 0 Å². The predicted molar refractivity (Wildman–Crippen MR) is 89.8 cm³/mol. The van der Waals surface area contributed by atoms with Crippen molar-refractivity contribution in [3.05, 3.63) is 51.5 Å². The second kappa shape index (κ2) is 6.86. The van der Waals surface area contributed by atoms with Crippen LogP contribution in [0.25, 0.3) is 6.08 Å². The van der Waals surface area contributed by atoms with Gasteiger partial charge in [0.1, 0.15) is 12.1 Å². The standard InChI is InChI=1S/C18H21NO5/c1-18(2,3)24-16(22)11-19-10-12(9-15(20)21)13-7-5-4-6-8-14(13)17(19)23/h4-7,10H,8-9,11H2,1-3H3,(H,20,21). The van der Waals surface area contributed by atoms with E-state index in [-0.39, 0.29) is 18.5 Å². The molecule has 1 aliphatic carbocycles. The fourth-order valence-electron chi connectivity index (χ4n) is 2.55. The molecule has 0 spiro atoms. The van der Waals surface area contributed by atoms with Crippen LogP contribution < -0.4 is 5.56 Å². The SMILES string of the molecule is CC(C)(C)OC(=O)Cn1cc(CC(=O)O)c2c(c1=O)CC=CC=C2. The summed E-state index contributed by atoms with van der Waals surface area (Å²) in [7, 11) is 0. The van der Waals surface area contributed by atoms with E-state index >= 15 is 0 Å². The number of hydrogen-bond acceptors (Lipinski definition) is 4. The predicted octanol–water partition coefficient (Wildman–Crippen LogP) is 1.94. The molecule has 128 valence electrons. The fraction of sp³-hybridized carbons (Fsp3) is 0.389. The molecule has 6 heteroatoms. The van der Waals surface area contributed by atoms with Gasteiger partial charge in [-0.1, -0.05) is 24.3 Å². The van der Waals surface area contributed by atoms with Crippen molar-refractivity contribution >= 4 is 18.0 Å². The maximum absolute atomic E-state index is 12.6. The second-order valence-corrected chi connectivity index (χ2v) is 6.63. The molecular formula is C18H21NO5. The van der Waals surface area contributed by atoms with Crippen molar-refractivity contribution in [1.29, 1.82) is 0 Å². The Bertz CT molecular complexity index is 778. The Hall–Kier alpha value is -2.63. The van der Waals surface area contributed by atoms with Gasteiger partial charge >= 0.3 is 11.9 Å². The first-order chi connectivity index (χ1) is 11.2. The molecule has 0 unspecified atom stereocenters. The summed E-state index contributed by atoms with van der Waals surface area (Å²) in [6.45, 7) is 4.99. The lowest BCUT2D eigenvalue weighted by Crippen LogP contribution is -2.32. The number of hydrogen-bond donors (Lipinski definition) is 1. The molecule has 0 amide bonds. The number of carbonyl (C=O) groups excluding carboxylic acids is 1. The average molecular weight is 331 g/mol. The van der Waals surface area contributed by atoms with E-state index in [4.69, 9.17) is 9.84 Å². The number of allylic oxidation sites excluding steroid dienone is 3. The van der Waals surface area contributed by atoms with Crippen LogP contribution in [0.1, 0.15) is 37.5 Å². The van der Waals surface area contributed by atoms with Crippen molar-refractivity contribution < 1.29 is 19.4 Å². The highest BCUT2D eigenvalue weighted by Crippen LogP contribution is 2.18. The minimum atomic E-state index is -0.995. The van der Waals surface area contributed by atoms with Crippen LogP contribution in [-0.2, 0) is 33.7 Å². The third-order valence-corrected chi connectivity index (χ3v) is 3.39. The van der Waals surface area contributed by atoms with Gasteiger partial charge in [0, 0.05) is 11.8 Å². The summed E-state index contributed by atoms with van der Waals surface area (Å²) >= 11 is 0. The Kier molecular flexibility index (Phi) is 5.07. The first-order valence-electron chi connectivity index (χ1n) is 7.69. The normalized spacial score (nSPS) is 13.3. The van der Waals surface area contributed by atoms with Crippen LogP contribution in [0, 0.1) is 0 Å². The van der Waals surface area contributed by atoms with Gasteiger partial charge in [0.2, 0.25) is 0 Å². The molecular weight excluding hydrogens is 310 g/mol. The zero-order chi connectivity index (χ0) is 17.9. The first kappa shape index (κ1) is 17.7. The summed E-state index contributed by atoms with van der Waals surface area (Å²) < 4.78 is 6.48. The summed E-state index contributed by atoms with van der Waals surface area (Å²) in [4.78, 5) is 35.8. The van der Waals surface area contributed by atoms with E-state index in [9.17, 15) is 14.4 Å². The number of carbonyl (C=O) groups is 2. The smallest absolute Gasteiger partial charge is 0.326 e. The molecule has 1 aliphatic rings. The van der Waals surface area contributed by atoms with Gasteiger partial charge in [0.25, 0.3) is 5.56 Å². The largest absolute Gasteiger partial charge is 0.481 e. The number of carboxylic acid groups (broad SMARTS) is 1. The Balaban J connectivity index is 2.46. The molecule has 0 aliphatic heterocycles. The summed E-state index contributed by atoms with van der Waals surface area (Å²) in [6, 6.07) is 0. The maximum Gasteiger partial charge on any atom is 0.326 e. The summed E-state index contributed by atoms with van der Waals surface area (Å²) in [6.07, 6.45) is 8.75. The third-order valence-electron chi connectivity index (χ3n) is 3.39. The molecule has 0 fully saturated rings. The average Bonchev–Trinajstić information content (AvgIpc) is 2.67. The summed E-state index contributed by atoms with van der Waals surface area (Å²) in [5.41, 5.74) is 0.652. The molecule has 0 atom stereocenters. The molecule has 0 saturated heterocycles. The fourth-order valence-corrected chi connectivity index (χ4v) is 2.55. The zero-order valence-corrected chi connectivity index (χ0v) is 14.0. The number of ether oxygens (including phenoxy) is 1. The lowest BCUT2D eigenvalue weighted by atomic mass is 10.00. The van der Waals surface area contributed by atoms with E-state index in [0.29, 0.717) is 23.1 Å². The van der Waals surface area contributed by atoms with Gasteiger partial charge in [-0.25, -0.2) is 0 Å². The van der Waals surface area contributed by atoms with Crippen LogP contribution in [0.2, 0.25) is 0 Å². The number of esters is 1. The van der Waals surface area contributed by atoms with E-state index in [1.165, 1.54) is 10.8 Å². The van der Waals surface area contributed by atoms with Gasteiger partial charge in [-0.2, -0.15) is 0 Å². The van der Waals surface area contributed by atoms with Crippen LogP contribution in [0.5, 0.6) is 0 Å². The Morgan fingerprint density at radius 1 is 1.29 bits per heavy atom. The van der Waals surface area contributed by atoms with Crippen molar-refractivity contribution in [2.75, 3.05) is 0 Å². The number of aliphatic carboxylic acids is 1. The molecule has 1 N–H and O–H groups in total. The zero-order valence-electron chi connectivity index (χ0n) is 14.0. The minimum absolute atomic E-state index is 0.221. The third kappa shape index (κ3) is 4.44. The molecule has 0 saturated carbocycles. The molecule has 24 heavy (non-hydrogen) atoms. The lowest BCUT2D eigenvalue weighted by Gasteiger charge is -2.20. The number of rotatable bonds is 4. The van der Waals surface area contributed by atoms with Crippen molar-refractivity contribution in [2.24, 2.45) is 0 Å². The van der Waals surface area contributed by atoms with Crippen molar-refractivity contribution in [3.63, 3.8) is 0 Å². The molecule has 0 radical (unpaired) electrons. The molecule has 0 aromatic carbocycles. The van der Waals surface area contributed by atoms with Gasteiger partial charge in [-0.15, -0.1) is 0 Å². The number of carboxylic acids is 1. The Morgan fingerprint density at radius 3 is 2.62 bits per heavy atom. The van der Waals surface area contributed by atoms with Crippen LogP contribution >= 0.6 is 0 Å². The lowest BCUT2D eigenvalue weighted by molar-refractivity contribution is -0.155. The highest BCUT2D eigenvalue weighted by molar-refractivity contribution is 5.74. The molecule has 6 nitrogen and oxygen atoms in total. The van der Waals surface area contributed by atoms with Gasteiger partial charge in [0.15, 0.2) is 0 Å². The van der Waals surface area contributed by atoms with E-state index in [1.54, 1.807) is 32.9 Å².